The lowest BCUT2D eigenvalue weighted by Crippen LogP contribution is -2.49. The predicted molar refractivity (Wildman–Crippen MR) is 85.4 cm³/mol. The Hall–Kier alpha value is -1.73. The van der Waals surface area contributed by atoms with Crippen molar-refractivity contribution >= 4 is 0 Å². The third-order valence-corrected chi connectivity index (χ3v) is 4.97. The smallest absolute Gasteiger partial charge is 0.229 e. The lowest BCUT2D eigenvalue weighted by molar-refractivity contribution is -0.0392. The predicted octanol–water partition coefficient (Wildman–Crippen LogP) is 2.12. The Balaban J connectivity index is 1.40. The van der Waals surface area contributed by atoms with Crippen molar-refractivity contribution in [1.82, 2.24) is 20.0 Å². The summed E-state index contributed by atoms with van der Waals surface area (Å²) in [5, 5.41) is 15.0. The zero-order chi connectivity index (χ0) is 16.7. The van der Waals surface area contributed by atoms with E-state index in [2.05, 4.69) is 20.0 Å². The van der Waals surface area contributed by atoms with Crippen molar-refractivity contribution in [2.45, 2.75) is 64.0 Å². The standard InChI is InChI=1S/C17H24N4O3/c1-11-12(2)23-15(18-11)9-21-7-3-6-17(22,10-21)8-14-19-16(20-24-14)13-4-5-13/h13,22H,3-10H2,1-2H3. The Labute approximate surface area is 141 Å². The van der Waals surface area contributed by atoms with Crippen LogP contribution in [-0.4, -0.2) is 43.8 Å². The van der Waals surface area contributed by atoms with Crippen molar-refractivity contribution in [1.29, 1.82) is 0 Å². The molecule has 24 heavy (non-hydrogen) atoms. The van der Waals surface area contributed by atoms with Crippen molar-refractivity contribution < 1.29 is 14.0 Å². The zero-order valence-corrected chi connectivity index (χ0v) is 14.3. The average Bonchev–Trinajstić information content (AvgIpc) is 3.19. The number of nitrogens with zero attached hydrogens (tertiary/aromatic N) is 4. The van der Waals surface area contributed by atoms with E-state index in [-0.39, 0.29) is 0 Å². The monoisotopic (exact) mass is 332 g/mol. The van der Waals surface area contributed by atoms with Crippen LogP contribution in [0.15, 0.2) is 8.94 Å². The molecule has 1 saturated carbocycles. The van der Waals surface area contributed by atoms with Gasteiger partial charge in [0.2, 0.25) is 11.8 Å². The van der Waals surface area contributed by atoms with Crippen LogP contribution in [0.5, 0.6) is 0 Å². The molecule has 4 rings (SSSR count). The van der Waals surface area contributed by atoms with Gasteiger partial charge in [0.1, 0.15) is 5.76 Å². The van der Waals surface area contributed by atoms with E-state index in [4.69, 9.17) is 8.94 Å². The highest BCUT2D eigenvalue weighted by atomic mass is 16.5. The Morgan fingerprint density at radius 3 is 2.79 bits per heavy atom. The maximum absolute atomic E-state index is 11.0. The molecule has 0 aromatic carbocycles. The van der Waals surface area contributed by atoms with Crippen molar-refractivity contribution in [2.24, 2.45) is 0 Å². The van der Waals surface area contributed by atoms with Crippen LogP contribution in [0.4, 0.5) is 0 Å². The molecule has 1 N–H and O–H groups in total. The Kier molecular flexibility index (Phi) is 3.92. The molecule has 0 spiro atoms. The van der Waals surface area contributed by atoms with Gasteiger partial charge in [0.25, 0.3) is 0 Å². The van der Waals surface area contributed by atoms with Gasteiger partial charge in [0.15, 0.2) is 5.82 Å². The van der Waals surface area contributed by atoms with Crippen LogP contribution >= 0.6 is 0 Å². The summed E-state index contributed by atoms with van der Waals surface area (Å²) in [6.07, 6.45) is 4.37. The maximum Gasteiger partial charge on any atom is 0.229 e. The molecule has 2 fully saturated rings. The molecule has 3 heterocycles. The summed E-state index contributed by atoms with van der Waals surface area (Å²) in [5.74, 6) is 3.38. The normalized spacial score (nSPS) is 25.3. The fourth-order valence-corrected chi connectivity index (χ4v) is 3.41. The van der Waals surface area contributed by atoms with Crippen molar-refractivity contribution in [3.8, 4) is 0 Å². The first-order valence-corrected chi connectivity index (χ1v) is 8.71. The number of aryl methyl sites for hydroxylation is 2. The van der Waals surface area contributed by atoms with Crippen LogP contribution in [0, 0.1) is 13.8 Å². The molecule has 1 saturated heterocycles. The van der Waals surface area contributed by atoms with Crippen molar-refractivity contribution in [3.63, 3.8) is 0 Å². The highest BCUT2D eigenvalue weighted by molar-refractivity contribution is 5.07. The molecule has 7 heteroatoms. The van der Waals surface area contributed by atoms with Crippen LogP contribution in [0.2, 0.25) is 0 Å². The number of hydrogen-bond donors (Lipinski definition) is 1. The second kappa shape index (κ2) is 5.97. The SMILES string of the molecule is Cc1nc(CN2CCCC(O)(Cc3nc(C4CC4)no3)C2)oc1C. The summed E-state index contributed by atoms with van der Waals surface area (Å²) in [6.45, 7) is 5.98. The largest absolute Gasteiger partial charge is 0.444 e. The number of piperidine rings is 1. The number of hydrogen-bond acceptors (Lipinski definition) is 7. The van der Waals surface area contributed by atoms with Crippen LogP contribution in [0.3, 0.4) is 0 Å². The van der Waals surface area contributed by atoms with E-state index in [1.54, 1.807) is 0 Å². The van der Waals surface area contributed by atoms with Crippen molar-refractivity contribution in [3.05, 3.63) is 29.1 Å². The van der Waals surface area contributed by atoms with E-state index >= 15 is 0 Å². The molecule has 7 nitrogen and oxygen atoms in total. The molecule has 1 aliphatic carbocycles. The average molecular weight is 332 g/mol. The minimum absolute atomic E-state index is 0.410. The van der Waals surface area contributed by atoms with E-state index in [1.807, 2.05) is 13.8 Å². The third kappa shape index (κ3) is 3.37. The molecule has 2 aromatic heterocycles. The first-order valence-electron chi connectivity index (χ1n) is 8.71. The fraction of sp³-hybridized carbons (Fsp3) is 0.706. The summed E-state index contributed by atoms with van der Waals surface area (Å²) in [4.78, 5) is 11.1. The number of oxazole rings is 1. The van der Waals surface area contributed by atoms with Gasteiger partial charge in [-0.25, -0.2) is 4.98 Å². The van der Waals surface area contributed by atoms with Crippen molar-refractivity contribution in [2.75, 3.05) is 13.1 Å². The lowest BCUT2D eigenvalue weighted by atomic mass is 9.89. The van der Waals surface area contributed by atoms with Crippen LogP contribution in [0.1, 0.15) is 60.7 Å². The summed E-state index contributed by atoms with van der Waals surface area (Å²) >= 11 is 0. The number of aromatic nitrogens is 3. The molecule has 1 unspecified atom stereocenters. The first-order chi connectivity index (χ1) is 11.5. The number of likely N-dealkylation sites (tertiary alicyclic amines) is 1. The number of β-amino-alcohol motifs (C(OH)–C–C–N with tert-alkyl or cyclic N) is 1. The quantitative estimate of drug-likeness (QED) is 0.897. The molecule has 1 aliphatic heterocycles. The Morgan fingerprint density at radius 1 is 1.25 bits per heavy atom. The van der Waals surface area contributed by atoms with Gasteiger partial charge in [0.05, 0.1) is 24.3 Å². The summed E-state index contributed by atoms with van der Waals surface area (Å²) in [5.41, 5.74) is 0.0955. The molecule has 2 aromatic rings. The third-order valence-electron chi connectivity index (χ3n) is 4.97. The molecule has 2 aliphatic rings. The van der Waals surface area contributed by atoms with Crippen LogP contribution < -0.4 is 0 Å². The van der Waals surface area contributed by atoms with Gasteiger partial charge in [0, 0.05) is 12.5 Å². The molecule has 0 amide bonds. The Bertz CT molecular complexity index is 702. The van der Waals surface area contributed by atoms with E-state index < -0.39 is 5.60 Å². The second-order valence-corrected chi connectivity index (χ2v) is 7.29. The first kappa shape index (κ1) is 15.8. The van der Waals surface area contributed by atoms with Gasteiger partial charge >= 0.3 is 0 Å². The molecule has 0 bridgehead atoms. The number of rotatable bonds is 5. The maximum atomic E-state index is 11.0. The molecular weight excluding hydrogens is 308 g/mol. The molecule has 1 atom stereocenters. The van der Waals surface area contributed by atoms with E-state index in [1.165, 1.54) is 0 Å². The highest BCUT2D eigenvalue weighted by Gasteiger charge is 2.36. The van der Waals surface area contributed by atoms with E-state index in [0.29, 0.717) is 37.2 Å². The lowest BCUT2D eigenvalue weighted by Gasteiger charge is -2.37. The van der Waals surface area contributed by atoms with Gasteiger partial charge in [-0.1, -0.05) is 5.16 Å². The second-order valence-electron chi connectivity index (χ2n) is 7.29. The topological polar surface area (TPSA) is 88.4 Å². The van der Waals surface area contributed by atoms with E-state index in [0.717, 1.165) is 49.5 Å². The molecular formula is C17H24N4O3. The van der Waals surface area contributed by atoms with E-state index in [9.17, 15) is 5.11 Å². The summed E-state index contributed by atoms with van der Waals surface area (Å²) < 4.78 is 11.0. The van der Waals surface area contributed by atoms with Gasteiger partial charge in [-0.2, -0.15) is 4.98 Å². The Morgan fingerprint density at radius 2 is 2.08 bits per heavy atom. The number of aliphatic hydroxyl groups is 1. The fourth-order valence-electron chi connectivity index (χ4n) is 3.41. The van der Waals surface area contributed by atoms with Gasteiger partial charge in [-0.05, 0) is 46.1 Å². The summed E-state index contributed by atoms with van der Waals surface area (Å²) in [7, 11) is 0. The van der Waals surface area contributed by atoms with Crippen LogP contribution in [-0.2, 0) is 13.0 Å². The molecule has 130 valence electrons. The zero-order valence-electron chi connectivity index (χ0n) is 14.3. The highest BCUT2D eigenvalue weighted by Crippen LogP contribution is 2.38. The van der Waals surface area contributed by atoms with Gasteiger partial charge < -0.3 is 14.0 Å². The minimum Gasteiger partial charge on any atom is -0.444 e. The van der Waals surface area contributed by atoms with Crippen LogP contribution in [0.25, 0.3) is 0 Å². The van der Waals surface area contributed by atoms with Gasteiger partial charge in [-0.15, -0.1) is 0 Å². The minimum atomic E-state index is -0.831. The summed E-state index contributed by atoms with van der Waals surface area (Å²) in [6, 6.07) is 0. The van der Waals surface area contributed by atoms with Gasteiger partial charge in [-0.3, -0.25) is 4.90 Å². The molecule has 0 radical (unpaired) electrons.